The van der Waals surface area contributed by atoms with Crippen molar-refractivity contribution in [1.29, 1.82) is 0 Å². The lowest BCUT2D eigenvalue weighted by Gasteiger charge is -2.35. The number of anilines is 1. The van der Waals surface area contributed by atoms with Gasteiger partial charge in [-0.05, 0) is 44.7 Å². The molecular formula is C18H29N5O. The van der Waals surface area contributed by atoms with Gasteiger partial charge in [0.25, 0.3) is 0 Å². The average molecular weight is 331 g/mol. The molecule has 2 aliphatic heterocycles. The number of carbonyl (C=O) groups is 1. The zero-order chi connectivity index (χ0) is 16.8. The summed E-state index contributed by atoms with van der Waals surface area (Å²) in [5.74, 6) is 0.945. The van der Waals surface area contributed by atoms with Gasteiger partial charge in [-0.3, -0.25) is 9.69 Å². The summed E-state index contributed by atoms with van der Waals surface area (Å²) in [5.41, 5.74) is 1.11. The number of nitrogens with zero attached hydrogens (tertiary/aromatic N) is 4. The molecule has 1 N–H and O–H groups in total. The largest absolute Gasteiger partial charge is 0.356 e. The molecule has 1 atom stereocenters. The summed E-state index contributed by atoms with van der Waals surface area (Å²) in [6, 6.07) is 2.58. The van der Waals surface area contributed by atoms with Crippen molar-refractivity contribution in [3.8, 4) is 0 Å². The molecule has 1 aromatic rings. The van der Waals surface area contributed by atoms with Gasteiger partial charge in [-0.1, -0.05) is 6.42 Å². The predicted molar refractivity (Wildman–Crippen MR) is 94.8 cm³/mol. The maximum absolute atomic E-state index is 11.1. The molecule has 0 bridgehead atoms. The van der Waals surface area contributed by atoms with E-state index in [-0.39, 0.29) is 5.91 Å². The monoisotopic (exact) mass is 331 g/mol. The molecule has 0 aliphatic carbocycles. The fourth-order valence-corrected chi connectivity index (χ4v) is 3.76. The van der Waals surface area contributed by atoms with Crippen LogP contribution in [0.2, 0.25) is 0 Å². The third-order valence-corrected chi connectivity index (χ3v) is 5.06. The van der Waals surface area contributed by atoms with Gasteiger partial charge in [0.15, 0.2) is 0 Å². The van der Waals surface area contributed by atoms with Crippen LogP contribution in [0, 0.1) is 0 Å². The lowest BCUT2D eigenvalue weighted by atomic mass is 9.99. The molecule has 132 valence electrons. The Balaban J connectivity index is 1.60. The molecule has 0 spiro atoms. The van der Waals surface area contributed by atoms with Crippen LogP contribution in [0.15, 0.2) is 12.3 Å². The molecule has 3 heterocycles. The first kappa shape index (κ1) is 17.1. The molecule has 6 nitrogen and oxygen atoms in total. The third kappa shape index (κ3) is 4.66. The molecule has 2 fully saturated rings. The van der Waals surface area contributed by atoms with E-state index in [0.29, 0.717) is 6.04 Å². The normalized spacial score (nSPS) is 21.9. The summed E-state index contributed by atoms with van der Waals surface area (Å²) in [6.45, 7) is 6.50. The van der Waals surface area contributed by atoms with Crippen LogP contribution in [0.4, 0.5) is 5.95 Å². The number of carbonyl (C=O) groups excluding carboxylic acids is 1. The van der Waals surface area contributed by atoms with E-state index in [1.165, 1.54) is 32.1 Å². The molecule has 0 aromatic carbocycles. The second-order valence-corrected chi connectivity index (χ2v) is 6.93. The average Bonchev–Trinajstić information content (AvgIpc) is 3.11. The van der Waals surface area contributed by atoms with Crippen LogP contribution < -0.4 is 10.2 Å². The van der Waals surface area contributed by atoms with Crippen molar-refractivity contribution in [2.45, 2.75) is 58.0 Å². The molecule has 1 unspecified atom stereocenters. The molecule has 24 heavy (non-hydrogen) atoms. The molecule has 0 saturated carbocycles. The number of hydrogen-bond donors (Lipinski definition) is 1. The quantitative estimate of drug-likeness (QED) is 0.863. The number of likely N-dealkylation sites (tertiary alicyclic amines) is 1. The molecule has 6 heteroatoms. The molecule has 2 saturated heterocycles. The second kappa shape index (κ2) is 8.42. The Morgan fingerprint density at radius 3 is 2.83 bits per heavy atom. The highest BCUT2D eigenvalue weighted by atomic mass is 16.1. The molecule has 1 aromatic heterocycles. The maximum atomic E-state index is 11.1. The van der Waals surface area contributed by atoms with Crippen LogP contribution in [0.3, 0.4) is 0 Å². The zero-order valence-corrected chi connectivity index (χ0v) is 14.7. The number of amides is 1. The van der Waals surface area contributed by atoms with Gasteiger partial charge in [-0.25, -0.2) is 9.97 Å². The SMILES string of the molecule is CC(=O)NCCC1CCCCN1Cc1ccnc(N2CCCC2)n1. The summed E-state index contributed by atoms with van der Waals surface area (Å²) in [6.07, 6.45) is 9.14. The van der Waals surface area contributed by atoms with E-state index >= 15 is 0 Å². The summed E-state index contributed by atoms with van der Waals surface area (Å²) in [4.78, 5) is 25.1. The van der Waals surface area contributed by atoms with E-state index < -0.39 is 0 Å². The third-order valence-electron chi connectivity index (χ3n) is 5.06. The van der Waals surface area contributed by atoms with Gasteiger partial charge in [0.1, 0.15) is 0 Å². The van der Waals surface area contributed by atoms with Crippen LogP contribution in [-0.4, -0.2) is 53.0 Å². The van der Waals surface area contributed by atoms with Gasteiger partial charge in [0.05, 0.1) is 5.69 Å². The summed E-state index contributed by atoms with van der Waals surface area (Å²) >= 11 is 0. The Labute approximate surface area is 144 Å². The van der Waals surface area contributed by atoms with Crippen LogP contribution in [0.25, 0.3) is 0 Å². The number of hydrogen-bond acceptors (Lipinski definition) is 5. The fraction of sp³-hybridized carbons (Fsp3) is 0.722. The topological polar surface area (TPSA) is 61.4 Å². The van der Waals surface area contributed by atoms with Crippen molar-refractivity contribution >= 4 is 11.9 Å². The Morgan fingerprint density at radius 1 is 1.25 bits per heavy atom. The first-order valence-corrected chi connectivity index (χ1v) is 9.28. The van der Waals surface area contributed by atoms with E-state index in [4.69, 9.17) is 4.98 Å². The number of piperidine rings is 1. The Bertz CT molecular complexity index is 544. The van der Waals surface area contributed by atoms with Crippen LogP contribution in [-0.2, 0) is 11.3 Å². The van der Waals surface area contributed by atoms with Crippen molar-refractivity contribution in [3.63, 3.8) is 0 Å². The number of rotatable bonds is 6. The molecule has 3 rings (SSSR count). The van der Waals surface area contributed by atoms with Crippen molar-refractivity contribution < 1.29 is 4.79 Å². The Morgan fingerprint density at radius 2 is 2.04 bits per heavy atom. The number of aromatic nitrogens is 2. The minimum absolute atomic E-state index is 0.0587. The highest BCUT2D eigenvalue weighted by Crippen LogP contribution is 2.22. The van der Waals surface area contributed by atoms with E-state index in [9.17, 15) is 4.79 Å². The van der Waals surface area contributed by atoms with E-state index in [1.54, 1.807) is 6.92 Å². The minimum Gasteiger partial charge on any atom is -0.356 e. The van der Waals surface area contributed by atoms with Gasteiger partial charge < -0.3 is 10.2 Å². The second-order valence-electron chi connectivity index (χ2n) is 6.93. The summed E-state index contributed by atoms with van der Waals surface area (Å²) < 4.78 is 0. The van der Waals surface area contributed by atoms with Crippen LogP contribution >= 0.6 is 0 Å². The van der Waals surface area contributed by atoms with E-state index in [0.717, 1.165) is 50.8 Å². The van der Waals surface area contributed by atoms with E-state index in [1.807, 2.05) is 12.3 Å². The van der Waals surface area contributed by atoms with Crippen molar-refractivity contribution in [3.05, 3.63) is 18.0 Å². The fourth-order valence-electron chi connectivity index (χ4n) is 3.76. The lowest BCUT2D eigenvalue weighted by Crippen LogP contribution is -2.41. The first-order chi connectivity index (χ1) is 11.7. The van der Waals surface area contributed by atoms with Gasteiger partial charge in [-0.2, -0.15) is 0 Å². The summed E-state index contributed by atoms with van der Waals surface area (Å²) in [7, 11) is 0. The van der Waals surface area contributed by atoms with Gasteiger partial charge >= 0.3 is 0 Å². The molecule has 2 aliphatic rings. The van der Waals surface area contributed by atoms with Crippen LogP contribution in [0.5, 0.6) is 0 Å². The number of nitrogens with one attached hydrogen (secondary N) is 1. The van der Waals surface area contributed by atoms with E-state index in [2.05, 4.69) is 20.1 Å². The molecule has 1 amide bonds. The highest BCUT2D eigenvalue weighted by Gasteiger charge is 2.23. The Kier molecular flexibility index (Phi) is 6.01. The zero-order valence-electron chi connectivity index (χ0n) is 14.7. The summed E-state index contributed by atoms with van der Waals surface area (Å²) in [5, 5.41) is 2.93. The van der Waals surface area contributed by atoms with Gasteiger partial charge in [-0.15, -0.1) is 0 Å². The lowest BCUT2D eigenvalue weighted by molar-refractivity contribution is -0.119. The highest BCUT2D eigenvalue weighted by molar-refractivity contribution is 5.72. The molecular weight excluding hydrogens is 302 g/mol. The smallest absolute Gasteiger partial charge is 0.225 e. The minimum atomic E-state index is 0.0587. The maximum Gasteiger partial charge on any atom is 0.225 e. The van der Waals surface area contributed by atoms with Crippen molar-refractivity contribution in [1.82, 2.24) is 20.2 Å². The van der Waals surface area contributed by atoms with Crippen LogP contribution in [0.1, 0.15) is 51.1 Å². The van der Waals surface area contributed by atoms with Gasteiger partial charge in [0.2, 0.25) is 11.9 Å². The van der Waals surface area contributed by atoms with Crippen molar-refractivity contribution in [2.75, 3.05) is 31.1 Å². The van der Waals surface area contributed by atoms with Crippen molar-refractivity contribution in [2.24, 2.45) is 0 Å². The predicted octanol–water partition coefficient (Wildman–Crippen LogP) is 1.96. The Hall–Kier alpha value is -1.69. The first-order valence-electron chi connectivity index (χ1n) is 9.28. The van der Waals surface area contributed by atoms with Gasteiger partial charge in [0, 0.05) is 45.3 Å². The standard InChI is InChI=1S/C18H29N5O/c1-15(24)19-10-8-17-6-2-3-13-23(17)14-16-7-9-20-18(21-16)22-11-4-5-12-22/h7,9,17H,2-6,8,10-14H2,1H3,(H,19,24). The molecule has 0 radical (unpaired) electrons.